The molecule has 30 heavy (non-hydrogen) atoms. The van der Waals surface area contributed by atoms with Crippen molar-refractivity contribution in [3.63, 3.8) is 0 Å². The van der Waals surface area contributed by atoms with Gasteiger partial charge in [0.1, 0.15) is 10.7 Å². The third-order valence-electron chi connectivity index (χ3n) is 5.17. The quantitative estimate of drug-likeness (QED) is 0.282. The number of fused-ring (bicyclic) bond motifs is 1. The zero-order valence-electron chi connectivity index (χ0n) is 15.4. The molecular weight excluding hydrogens is 443 g/mol. The van der Waals surface area contributed by atoms with Gasteiger partial charge < -0.3 is 9.80 Å². The van der Waals surface area contributed by atoms with E-state index in [1.165, 1.54) is 4.90 Å². The zero-order chi connectivity index (χ0) is 21.6. The number of hydrogen-bond donors (Lipinski definition) is 0. The Balaban J connectivity index is 1.58. The number of rotatable bonds is 2. The summed E-state index contributed by atoms with van der Waals surface area (Å²) >= 11 is 11.5. The summed E-state index contributed by atoms with van der Waals surface area (Å²) in [5.74, 6) is -6.66. The van der Waals surface area contributed by atoms with Crippen LogP contribution in [-0.4, -0.2) is 37.0 Å². The van der Waals surface area contributed by atoms with E-state index in [0.717, 1.165) is 10.3 Å². The molecule has 0 spiro atoms. The Labute approximate surface area is 179 Å². The Morgan fingerprint density at radius 2 is 1.33 bits per heavy atom. The summed E-state index contributed by atoms with van der Waals surface area (Å²) in [4.78, 5) is 15.7. The van der Waals surface area contributed by atoms with Crippen molar-refractivity contribution >= 4 is 45.6 Å². The molecule has 156 valence electrons. The van der Waals surface area contributed by atoms with Gasteiger partial charge in [0.25, 0.3) is 5.91 Å². The van der Waals surface area contributed by atoms with Crippen LogP contribution in [0.2, 0.25) is 10.0 Å². The molecule has 3 aromatic rings. The number of carbonyl (C=O) groups excluding carboxylic acids is 1. The van der Waals surface area contributed by atoms with E-state index >= 15 is 0 Å². The number of benzene rings is 3. The maximum Gasteiger partial charge on any atom is 0.254 e. The molecule has 9 heteroatoms. The number of amides is 1. The maximum absolute atomic E-state index is 14.2. The molecule has 0 aromatic heterocycles. The first kappa shape index (κ1) is 20.8. The Morgan fingerprint density at radius 3 is 1.97 bits per heavy atom. The number of nitrogens with zero attached hydrogens (tertiary/aromatic N) is 2. The van der Waals surface area contributed by atoms with Gasteiger partial charge in [-0.2, -0.15) is 0 Å². The minimum atomic E-state index is -1.64. The minimum absolute atomic E-state index is 0.00832. The second kappa shape index (κ2) is 7.96. The topological polar surface area (TPSA) is 23.6 Å². The van der Waals surface area contributed by atoms with Crippen LogP contribution >= 0.6 is 23.2 Å². The highest BCUT2D eigenvalue weighted by molar-refractivity contribution is 6.36. The van der Waals surface area contributed by atoms with Crippen LogP contribution in [0.5, 0.6) is 0 Å². The molecule has 3 nitrogen and oxygen atoms in total. The summed E-state index contributed by atoms with van der Waals surface area (Å²) in [5.41, 5.74) is -0.372. The molecule has 1 aliphatic heterocycles. The van der Waals surface area contributed by atoms with E-state index in [-0.39, 0.29) is 32.1 Å². The fourth-order valence-electron chi connectivity index (χ4n) is 3.63. The van der Waals surface area contributed by atoms with Gasteiger partial charge in [-0.25, -0.2) is 17.6 Å². The number of piperazine rings is 1. The third kappa shape index (κ3) is 3.36. The minimum Gasteiger partial charge on any atom is -0.363 e. The summed E-state index contributed by atoms with van der Waals surface area (Å²) in [6, 6.07) is 10.5. The predicted molar refractivity (Wildman–Crippen MR) is 108 cm³/mol. The molecule has 0 atom stereocenters. The maximum atomic E-state index is 14.2. The molecule has 1 aliphatic rings. The van der Waals surface area contributed by atoms with Gasteiger partial charge in [0, 0.05) is 42.2 Å². The van der Waals surface area contributed by atoms with Crippen molar-refractivity contribution in [2.75, 3.05) is 31.1 Å². The molecular formula is C21H14Cl2F4N2O. The van der Waals surface area contributed by atoms with Crippen LogP contribution in [0.1, 0.15) is 10.4 Å². The van der Waals surface area contributed by atoms with Crippen molar-refractivity contribution in [2.45, 2.75) is 0 Å². The average Bonchev–Trinajstić information content (AvgIpc) is 2.76. The summed E-state index contributed by atoms with van der Waals surface area (Å²) in [6.07, 6.45) is 0. The summed E-state index contributed by atoms with van der Waals surface area (Å²) < 4.78 is 56.0. The normalized spacial score (nSPS) is 14.5. The molecule has 1 fully saturated rings. The lowest BCUT2D eigenvalue weighted by atomic mass is 10.0. The number of halogens is 6. The molecule has 4 rings (SSSR count). The average molecular weight is 457 g/mol. The van der Waals surface area contributed by atoms with Gasteiger partial charge in [0.2, 0.25) is 0 Å². The van der Waals surface area contributed by atoms with Gasteiger partial charge in [-0.15, -0.1) is 0 Å². The monoisotopic (exact) mass is 456 g/mol. The van der Waals surface area contributed by atoms with Gasteiger partial charge in [-0.05, 0) is 17.5 Å². The second-order valence-corrected chi connectivity index (χ2v) is 7.62. The van der Waals surface area contributed by atoms with Gasteiger partial charge >= 0.3 is 0 Å². The Morgan fingerprint density at radius 1 is 0.767 bits per heavy atom. The molecule has 0 radical (unpaired) electrons. The van der Waals surface area contributed by atoms with E-state index in [9.17, 15) is 22.4 Å². The Bertz CT molecular complexity index is 1130. The van der Waals surface area contributed by atoms with Crippen molar-refractivity contribution in [1.82, 2.24) is 4.90 Å². The molecule has 3 aromatic carbocycles. The first-order valence-corrected chi connectivity index (χ1v) is 9.79. The van der Waals surface area contributed by atoms with Crippen molar-refractivity contribution in [1.29, 1.82) is 0 Å². The molecule has 0 unspecified atom stereocenters. The van der Waals surface area contributed by atoms with Crippen LogP contribution in [0, 0.1) is 23.3 Å². The first-order chi connectivity index (χ1) is 14.3. The van der Waals surface area contributed by atoms with Crippen molar-refractivity contribution < 1.29 is 22.4 Å². The predicted octanol–water partition coefficient (Wildman–Crippen LogP) is 5.67. The summed E-state index contributed by atoms with van der Waals surface area (Å²) in [5, 5.41) is 0.721. The molecule has 0 N–H and O–H groups in total. The lowest BCUT2D eigenvalue weighted by molar-refractivity contribution is 0.0748. The number of hydrogen-bond acceptors (Lipinski definition) is 2. The SMILES string of the molecule is O=C(c1cccc2c(Cl)cccc12)N1CCN(c2c(F)c(F)c(Cl)c(F)c2F)CC1. The van der Waals surface area contributed by atoms with E-state index in [0.29, 0.717) is 16.0 Å². The molecule has 0 saturated carbocycles. The molecule has 1 heterocycles. The van der Waals surface area contributed by atoms with Crippen LogP contribution in [0.15, 0.2) is 36.4 Å². The summed E-state index contributed by atoms with van der Waals surface area (Å²) in [7, 11) is 0. The van der Waals surface area contributed by atoms with Crippen LogP contribution in [0.4, 0.5) is 23.2 Å². The van der Waals surface area contributed by atoms with Crippen molar-refractivity contribution in [2.24, 2.45) is 0 Å². The lowest BCUT2D eigenvalue weighted by Gasteiger charge is -2.36. The summed E-state index contributed by atoms with van der Waals surface area (Å²) in [6.45, 7) is 0.207. The second-order valence-electron chi connectivity index (χ2n) is 6.84. The highest BCUT2D eigenvalue weighted by Crippen LogP contribution is 2.34. The Hall–Kier alpha value is -2.51. The lowest BCUT2D eigenvalue weighted by Crippen LogP contribution is -2.49. The van der Waals surface area contributed by atoms with E-state index in [2.05, 4.69) is 0 Å². The van der Waals surface area contributed by atoms with E-state index in [1.54, 1.807) is 30.3 Å². The van der Waals surface area contributed by atoms with Crippen LogP contribution < -0.4 is 4.90 Å². The number of anilines is 1. The molecule has 0 aliphatic carbocycles. The largest absolute Gasteiger partial charge is 0.363 e. The van der Waals surface area contributed by atoms with Crippen molar-refractivity contribution in [3.8, 4) is 0 Å². The van der Waals surface area contributed by atoms with Gasteiger partial charge in [0.05, 0.1) is 0 Å². The zero-order valence-corrected chi connectivity index (χ0v) is 16.9. The highest BCUT2D eigenvalue weighted by Gasteiger charge is 2.31. The molecule has 0 bridgehead atoms. The molecule has 1 saturated heterocycles. The first-order valence-electron chi connectivity index (χ1n) is 9.04. The number of carbonyl (C=O) groups is 1. The fourth-order valence-corrected chi connectivity index (χ4v) is 4.04. The third-order valence-corrected chi connectivity index (χ3v) is 5.83. The molecule has 1 amide bonds. The van der Waals surface area contributed by atoms with Crippen LogP contribution in [0.3, 0.4) is 0 Å². The van der Waals surface area contributed by atoms with E-state index in [1.807, 2.05) is 6.07 Å². The van der Waals surface area contributed by atoms with Crippen molar-refractivity contribution in [3.05, 3.63) is 75.3 Å². The fraction of sp³-hybridized carbons (Fsp3) is 0.190. The van der Waals surface area contributed by atoms with E-state index < -0.39 is 34.0 Å². The van der Waals surface area contributed by atoms with E-state index in [4.69, 9.17) is 23.2 Å². The Kier molecular flexibility index (Phi) is 5.51. The van der Waals surface area contributed by atoms with Gasteiger partial charge in [-0.3, -0.25) is 4.79 Å². The van der Waals surface area contributed by atoms with Crippen LogP contribution in [0.25, 0.3) is 10.8 Å². The van der Waals surface area contributed by atoms with Gasteiger partial charge in [-0.1, -0.05) is 47.5 Å². The highest BCUT2D eigenvalue weighted by atomic mass is 35.5. The smallest absolute Gasteiger partial charge is 0.254 e. The van der Waals surface area contributed by atoms with Crippen LogP contribution in [-0.2, 0) is 0 Å². The standard InChI is InChI=1S/C21H14Cl2F4N2O/c22-14-6-2-3-11-12(14)4-1-5-13(11)21(30)29-9-7-28(8-10-29)20-18(26)16(24)15(23)17(25)19(20)27/h1-6H,7-10H2. The van der Waals surface area contributed by atoms with Gasteiger partial charge in [0.15, 0.2) is 23.3 Å².